The highest BCUT2D eigenvalue weighted by Crippen LogP contribution is 2.35. The Morgan fingerprint density at radius 2 is 1.82 bits per heavy atom. The van der Waals surface area contributed by atoms with Gasteiger partial charge in [-0.15, -0.1) is 10.2 Å². The molecule has 28 heavy (non-hydrogen) atoms. The number of aromatic nitrogens is 3. The second kappa shape index (κ2) is 7.45. The number of hydrogen-bond donors (Lipinski definition) is 1. The summed E-state index contributed by atoms with van der Waals surface area (Å²) in [6.07, 6.45) is 2.24. The van der Waals surface area contributed by atoms with Crippen molar-refractivity contribution in [3.63, 3.8) is 0 Å². The van der Waals surface area contributed by atoms with Gasteiger partial charge in [-0.25, -0.2) is 4.39 Å². The van der Waals surface area contributed by atoms with Crippen molar-refractivity contribution >= 4 is 0 Å². The molecule has 1 N–H and O–H groups in total. The van der Waals surface area contributed by atoms with Crippen LogP contribution in [0.1, 0.15) is 36.1 Å². The number of halogens is 1. The van der Waals surface area contributed by atoms with E-state index in [0.717, 1.165) is 68.3 Å². The standard InChI is InChI=1S/C22H24FN5/c23-19-9-4-3-8-18(19)17-7-2-1-6-16(17)15-27-12-5-10-20(27)22-26-25-21-14-24-11-13-28(21)22/h1-4,6-9,20,24H,5,10-15H2/t20-/m1/s1. The molecule has 3 heterocycles. The molecule has 2 aromatic carbocycles. The molecule has 1 atom stereocenters. The summed E-state index contributed by atoms with van der Waals surface area (Å²) in [5, 5.41) is 12.3. The Morgan fingerprint density at radius 1 is 1.00 bits per heavy atom. The predicted octanol–water partition coefficient (Wildman–Crippen LogP) is 3.52. The third-order valence-corrected chi connectivity index (χ3v) is 5.87. The van der Waals surface area contributed by atoms with Crippen molar-refractivity contribution in [2.45, 2.75) is 38.5 Å². The Bertz CT molecular complexity index is 983. The molecule has 0 bridgehead atoms. The third kappa shape index (κ3) is 3.12. The highest BCUT2D eigenvalue weighted by atomic mass is 19.1. The molecule has 0 radical (unpaired) electrons. The minimum atomic E-state index is -0.174. The van der Waals surface area contributed by atoms with Crippen molar-refractivity contribution in [1.82, 2.24) is 25.0 Å². The van der Waals surface area contributed by atoms with E-state index in [2.05, 4.69) is 31.0 Å². The monoisotopic (exact) mass is 377 g/mol. The van der Waals surface area contributed by atoms with E-state index in [1.54, 1.807) is 6.07 Å². The van der Waals surface area contributed by atoms with Gasteiger partial charge in [0, 0.05) is 25.2 Å². The number of hydrogen-bond acceptors (Lipinski definition) is 4. The maximum atomic E-state index is 14.4. The second-order valence-corrected chi connectivity index (χ2v) is 7.57. The molecule has 2 aliphatic rings. The van der Waals surface area contributed by atoms with Crippen LogP contribution in [0, 0.1) is 5.82 Å². The minimum Gasteiger partial charge on any atom is -0.311 e. The van der Waals surface area contributed by atoms with Crippen molar-refractivity contribution in [2.75, 3.05) is 13.1 Å². The fourth-order valence-electron chi connectivity index (χ4n) is 4.49. The number of nitrogens with one attached hydrogen (secondary N) is 1. The molecule has 5 rings (SSSR count). The third-order valence-electron chi connectivity index (χ3n) is 5.87. The van der Waals surface area contributed by atoms with Gasteiger partial charge in [0.05, 0.1) is 12.6 Å². The van der Waals surface area contributed by atoms with E-state index in [1.807, 2.05) is 30.3 Å². The fraction of sp³-hybridized carbons (Fsp3) is 0.364. The first-order valence-corrected chi connectivity index (χ1v) is 10.0. The first kappa shape index (κ1) is 17.5. The predicted molar refractivity (Wildman–Crippen MR) is 106 cm³/mol. The molecular formula is C22H24FN5. The normalized spacial score (nSPS) is 19.7. The van der Waals surface area contributed by atoms with Gasteiger partial charge in [0.1, 0.15) is 11.6 Å². The van der Waals surface area contributed by atoms with Crippen molar-refractivity contribution in [3.8, 4) is 11.1 Å². The summed E-state index contributed by atoms with van der Waals surface area (Å²) >= 11 is 0. The van der Waals surface area contributed by atoms with Crippen LogP contribution in [0.2, 0.25) is 0 Å². The summed E-state index contributed by atoms with van der Waals surface area (Å²) < 4.78 is 16.7. The van der Waals surface area contributed by atoms with Gasteiger partial charge in [0.25, 0.3) is 0 Å². The molecule has 1 aromatic heterocycles. The van der Waals surface area contributed by atoms with Crippen molar-refractivity contribution in [2.24, 2.45) is 0 Å². The highest BCUT2D eigenvalue weighted by molar-refractivity contribution is 5.67. The van der Waals surface area contributed by atoms with Crippen LogP contribution in [0.4, 0.5) is 4.39 Å². The molecule has 0 amide bonds. The zero-order valence-electron chi connectivity index (χ0n) is 15.8. The number of likely N-dealkylation sites (tertiary alicyclic amines) is 1. The lowest BCUT2D eigenvalue weighted by atomic mass is 9.98. The zero-order chi connectivity index (χ0) is 18.9. The topological polar surface area (TPSA) is 46.0 Å². The van der Waals surface area contributed by atoms with Gasteiger partial charge in [-0.3, -0.25) is 4.90 Å². The van der Waals surface area contributed by atoms with Crippen molar-refractivity contribution < 1.29 is 4.39 Å². The summed E-state index contributed by atoms with van der Waals surface area (Å²) in [5.41, 5.74) is 2.79. The largest absolute Gasteiger partial charge is 0.311 e. The molecule has 0 aliphatic carbocycles. The quantitative estimate of drug-likeness (QED) is 0.756. The van der Waals surface area contributed by atoms with Gasteiger partial charge in [0.15, 0.2) is 5.82 Å². The molecule has 144 valence electrons. The van der Waals surface area contributed by atoms with E-state index in [-0.39, 0.29) is 11.9 Å². The molecule has 6 heteroatoms. The maximum Gasteiger partial charge on any atom is 0.150 e. The van der Waals surface area contributed by atoms with Crippen LogP contribution < -0.4 is 5.32 Å². The van der Waals surface area contributed by atoms with Gasteiger partial charge in [-0.2, -0.15) is 0 Å². The summed E-state index contributed by atoms with van der Waals surface area (Å²) in [7, 11) is 0. The number of rotatable bonds is 4. The molecule has 5 nitrogen and oxygen atoms in total. The van der Waals surface area contributed by atoms with Crippen LogP contribution in [-0.4, -0.2) is 32.8 Å². The summed E-state index contributed by atoms with van der Waals surface area (Å²) in [6, 6.07) is 15.4. The maximum absolute atomic E-state index is 14.4. The molecule has 1 fully saturated rings. The summed E-state index contributed by atoms with van der Waals surface area (Å²) in [6.45, 7) is 4.48. The number of fused-ring (bicyclic) bond motifs is 1. The van der Waals surface area contributed by atoms with Crippen LogP contribution in [0.15, 0.2) is 48.5 Å². The average Bonchev–Trinajstić information content (AvgIpc) is 3.35. The van der Waals surface area contributed by atoms with E-state index in [4.69, 9.17) is 0 Å². The lowest BCUT2D eigenvalue weighted by Gasteiger charge is -2.26. The molecule has 2 aliphatic heterocycles. The summed E-state index contributed by atoms with van der Waals surface area (Å²) in [4.78, 5) is 2.47. The summed E-state index contributed by atoms with van der Waals surface area (Å²) in [5.74, 6) is 1.93. The highest BCUT2D eigenvalue weighted by Gasteiger charge is 2.32. The lowest BCUT2D eigenvalue weighted by Crippen LogP contribution is -2.31. The van der Waals surface area contributed by atoms with Gasteiger partial charge < -0.3 is 9.88 Å². The molecular weight excluding hydrogens is 353 g/mol. The molecule has 0 spiro atoms. The number of benzene rings is 2. The van der Waals surface area contributed by atoms with Crippen LogP contribution >= 0.6 is 0 Å². The van der Waals surface area contributed by atoms with Crippen molar-refractivity contribution in [3.05, 3.63) is 71.6 Å². The minimum absolute atomic E-state index is 0.174. The Balaban J connectivity index is 1.45. The van der Waals surface area contributed by atoms with Gasteiger partial charge in [0.2, 0.25) is 0 Å². The Morgan fingerprint density at radius 3 is 2.71 bits per heavy atom. The molecule has 0 unspecified atom stereocenters. The second-order valence-electron chi connectivity index (χ2n) is 7.57. The van der Waals surface area contributed by atoms with E-state index in [0.29, 0.717) is 5.56 Å². The Hall–Kier alpha value is -2.57. The average molecular weight is 377 g/mol. The van der Waals surface area contributed by atoms with E-state index in [9.17, 15) is 4.39 Å². The smallest absolute Gasteiger partial charge is 0.150 e. The first-order chi connectivity index (χ1) is 13.8. The zero-order valence-corrected chi connectivity index (χ0v) is 15.8. The Labute approximate surface area is 164 Å². The first-order valence-electron chi connectivity index (χ1n) is 10.0. The van der Waals surface area contributed by atoms with Crippen LogP contribution in [-0.2, 0) is 19.6 Å². The Kier molecular flexibility index (Phi) is 4.66. The van der Waals surface area contributed by atoms with E-state index >= 15 is 0 Å². The van der Waals surface area contributed by atoms with Crippen LogP contribution in [0.3, 0.4) is 0 Å². The van der Waals surface area contributed by atoms with Gasteiger partial charge >= 0.3 is 0 Å². The molecule has 3 aromatic rings. The van der Waals surface area contributed by atoms with Gasteiger partial charge in [-0.1, -0.05) is 42.5 Å². The lowest BCUT2D eigenvalue weighted by molar-refractivity contribution is 0.233. The van der Waals surface area contributed by atoms with E-state index in [1.165, 1.54) is 6.07 Å². The van der Waals surface area contributed by atoms with Gasteiger partial charge in [-0.05, 0) is 36.6 Å². The SMILES string of the molecule is Fc1ccccc1-c1ccccc1CN1CCC[C@@H]1c1nnc2n1CCNC2. The van der Waals surface area contributed by atoms with Crippen LogP contribution in [0.25, 0.3) is 11.1 Å². The van der Waals surface area contributed by atoms with Crippen LogP contribution in [0.5, 0.6) is 0 Å². The number of nitrogens with zero attached hydrogens (tertiary/aromatic N) is 4. The fourth-order valence-corrected chi connectivity index (χ4v) is 4.49. The van der Waals surface area contributed by atoms with E-state index < -0.39 is 0 Å². The van der Waals surface area contributed by atoms with Crippen molar-refractivity contribution in [1.29, 1.82) is 0 Å². The molecule has 1 saturated heterocycles. The molecule has 0 saturated carbocycles.